The monoisotopic (exact) mass is 268 g/mol. The van der Waals surface area contributed by atoms with E-state index < -0.39 is 0 Å². The molecule has 0 spiro atoms. The van der Waals surface area contributed by atoms with Gasteiger partial charge in [0.1, 0.15) is 0 Å². The molecule has 4 heteroatoms. The van der Waals surface area contributed by atoms with E-state index in [2.05, 4.69) is 33.5 Å². The van der Waals surface area contributed by atoms with Gasteiger partial charge in [0.2, 0.25) is 0 Å². The maximum atomic E-state index is 6.11. The van der Waals surface area contributed by atoms with E-state index in [4.69, 9.17) is 5.73 Å². The second-order valence-electron chi connectivity index (χ2n) is 5.22. The van der Waals surface area contributed by atoms with Crippen LogP contribution in [-0.4, -0.2) is 34.5 Å². The van der Waals surface area contributed by atoms with E-state index >= 15 is 0 Å². The van der Waals surface area contributed by atoms with Crippen LogP contribution in [0.1, 0.15) is 24.8 Å². The Morgan fingerprint density at radius 3 is 2.88 bits per heavy atom. The number of nitrogens with two attached hydrogens (primary N) is 1. The minimum atomic E-state index is 0.285. The third kappa shape index (κ3) is 2.41. The summed E-state index contributed by atoms with van der Waals surface area (Å²) < 4.78 is 0. The molecule has 0 bridgehead atoms. The zero-order chi connectivity index (χ0) is 11.7. The van der Waals surface area contributed by atoms with E-state index in [1.807, 2.05) is 0 Å². The first-order chi connectivity index (χ1) is 8.34. The standard InChI is InChI=1S/C13H20N2S2/c14-9-13(4-6-17-10-13)15(12-1-2-12)7-11-3-5-16-8-11/h3,5,8,12H,1-2,4,6-7,9-10,14H2. The van der Waals surface area contributed by atoms with Crippen molar-refractivity contribution in [2.24, 2.45) is 5.73 Å². The largest absolute Gasteiger partial charge is 0.329 e. The summed E-state index contributed by atoms with van der Waals surface area (Å²) in [5.41, 5.74) is 7.86. The van der Waals surface area contributed by atoms with Crippen molar-refractivity contribution < 1.29 is 0 Å². The van der Waals surface area contributed by atoms with Gasteiger partial charge in [0, 0.05) is 30.4 Å². The Kier molecular flexibility index (Phi) is 3.48. The molecule has 0 amide bonds. The van der Waals surface area contributed by atoms with Crippen LogP contribution in [0.5, 0.6) is 0 Å². The summed E-state index contributed by atoms with van der Waals surface area (Å²) >= 11 is 3.87. The number of rotatable bonds is 5. The fraction of sp³-hybridized carbons (Fsp3) is 0.692. The van der Waals surface area contributed by atoms with Gasteiger partial charge in [-0.1, -0.05) is 0 Å². The number of thioether (sulfide) groups is 1. The lowest BCUT2D eigenvalue weighted by molar-refractivity contribution is 0.0983. The molecule has 17 heavy (non-hydrogen) atoms. The van der Waals surface area contributed by atoms with Crippen molar-refractivity contribution in [3.63, 3.8) is 0 Å². The highest BCUT2D eigenvalue weighted by atomic mass is 32.2. The van der Waals surface area contributed by atoms with Crippen LogP contribution in [0.2, 0.25) is 0 Å². The van der Waals surface area contributed by atoms with Crippen molar-refractivity contribution in [2.45, 2.75) is 37.4 Å². The molecule has 1 aromatic heterocycles. The molecular weight excluding hydrogens is 248 g/mol. The summed E-state index contributed by atoms with van der Waals surface area (Å²) in [5.74, 6) is 2.51. The predicted molar refractivity (Wildman–Crippen MR) is 76.6 cm³/mol. The van der Waals surface area contributed by atoms with Crippen molar-refractivity contribution in [1.82, 2.24) is 4.90 Å². The van der Waals surface area contributed by atoms with Gasteiger partial charge < -0.3 is 5.73 Å². The quantitative estimate of drug-likeness (QED) is 0.890. The zero-order valence-electron chi connectivity index (χ0n) is 10.1. The van der Waals surface area contributed by atoms with Gasteiger partial charge in [0.15, 0.2) is 0 Å². The van der Waals surface area contributed by atoms with Crippen LogP contribution in [0, 0.1) is 0 Å². The molecule has 2 N–H and O–H groups in total. The highest BCUT2D eigenvalue weighted by molar-refractivity contribution is 7.99. The molecule has 0 radical (unpaired) electrons. The van der Waals surface area contributed by atoms with E-state index in [0.29, 0.717) is 0 Å². The third-order valence-corrected chi connectivity index (χ3v) is 5.96. The van der Waals surface area contributed by atoms with E-state index in [-0.39, 0.29) is 5.54 Å². The van der Waals surface area contributed by atoms with E-state index in [0.717, 1.165) is 19.1 Å². The van der Waals surface area contributed by atoms with Crippen molar-refractivity contribution in [3.8, 4) is 0 Å². The Morgan fingerprint density at radius 2 is 2.35 bits per heavy atom. The second kappa shape index (κ2) is 4.92. The Balaban J connectivity index is 1.79. The molecule has 2 heterocycles. The molecule has 1 unspecified atom stereocenters. The molecule has 1 atom stereocenters. The Hall–Kier alpha value is -0.0300. The van der Waals surface area contributed by atoms with Gasteiger partial charge in [-0.05, 0) is 47.4 Å². The third-order valence-electron chi connectivity index (χ3n) is 3.99. The van der Waals surface area contributed by atoms with Crippen molar-refractivity contribution >= 4 is 23.1 Å². The molecule has 1 aromatic rings. The Morgan fingerprint density at radius 1 is 1.47 bits per heavy atom. The van der Waals surface area contributed by atoms with Gasteiger partial charge in [0.05, 0.1) is 0 Å². The van der Waals surface area contributed by atoms with Crippen molar-refractivity contribution in [2.75, 3.05) is 18.1 Å². The fourth-order valence-corrected chi connectivity index (χ4v) is 4.89. The van der Waals surface area contributed by atoms with Crippen LogP contribution in [-0.2, 0) is 6.54 Å². The molecule has 1 saturated carbocycles. The molecular formula is C13H20N2S2. The first-order valence-corrected chi connectivity index (χ1v) is 8.49. The molecule has 0 aromatic carbocycles. The van der Waals surface area contributed by atoms with Crippen LogP contribution < -0.4 is 5.73 Å². The fourth-order valence-electron chi connectivity index (χ4n) is 2.75. The SMILES string of the molecule is NCC1(N(Cc2ccsc2)C2CC2)CCSC1. The summed E-state index contributed by atoms with van der Waals surface area (Å²) in [6.45, 7) is 1.92. The summed E-state index contributed by atoms with van der Waals surface area (Å²) in [6.07, 6.45) is 4.02. The normalized spacial score (nSPS) is 29.1. The van der Waals surface area contributed by atoms with Crippen LogP contribution in [0.25, 0.3) is 0 Å². The van der Waals surface area contributed by atoms with Gasteiger partial charge in [-0.3, -0.25) is 4.90 Å². The minimum absolute atomic E-state index is 0.285. The van der Waals surface area contributed by atoms with Gasteiger partial charge in [0.25, 0.3) is 0 Å². The highest BCUT2D eigenvalue weighted by Crippen LogP contribution is 2.41. The highest BCUT2D eigenvalue weighted by Gasteiger charge is 2.45. The summed E-state index contributed by atoms with van der Waals surface area (Å²) in [7, 11) is 0. The molecule has 1 aliphatic carbocycles. The maximum Gasteiger partial charge on any atom is 0.0436 e. The molecule has 2 nitrogen and oxygen atoms in total. The minimum Gasteiger partial charge on any atom is -0.329 e. The Bertz CT molecular complexity index is 354. The topological polar surface area (TPSA) is 29.3 Å². The van der Waals surface area contributed by atoms with Gasteiger partial charge in [-0.25, -0.2) is 0 Å². The van der Waals surface area contributed by atoms with E-state index in [9.17, 15) is 0 Å². The van der Waals surface area contributed by atoms with Gasteiger partial charge in [-0.2, -0.15) is 23.1 Å². The molecule has 1 aliphatic heterocycles. The second-order valence-corrected chi connectivity index (χ2v) is 7.11. The van der Waals surface area contributed by atoms with Crippen molar-refractivity contribution in [1.29, 1.82) is 0 Å². The summed E-state index contributed by atoms with van der Waals surface area (Å²) in [4.78, 5) is 2.72. The number of hydrogen-bond donors (Lipinski definition) is 1. The van der Waals surface area contributed by atoms with E-state index in [1.165, 1.54) is 36.3 Å². The average Bonchev–Trinajstić information content (AvgIpc) is 2.88. The van der Waals surface area contributed by atoms with Crippen LogP contribution in [0.4, 0.5) is 0 Å². The lowest BCUT2D eigenvalue weighted by Gasteiger charge is -2.40. The average molecular weight is 268 g/mol. The van der Waals surface area contributed by atoms with E-state index in [1.54, 1.807) is 11.3 Å². The molecule has 1 saturated heterocycles. The molecule has 3 rings (SSSR count). The lowest BCUT2D eigenvalue weighted by atomic mass is 9.95. The first kappa shape index (κ1) is 12.0. The number of thiophene rings is 1. The molecule has 2 aliphatic rings. The molecule has 94 valence electrons. The van der Waals surface area contributed by atoms with Gasteiger partial charge >= 0.3 is 0 Å². The smallest absolute Gasteiger partial charge is 0.0436 e. The molecule has 2 fully saturated rings. The summed E-state index contributed by atoms with van der Waals surface area (Å²) in [5, 5.41) is 4.46. The number of nitrogens with zero attached hydrogens (tertiary/aromatic N) is 1. The van der Waals surface area contributed by atoms with Crippen LogP contribution >= 0.6 is 23.1 Å². The predicted octanol–water partition coefficient (Wildman–Crippen LogP) is 2.55. The van der Waals surface area contributed by atoms with Crippen LogP contribution in [0.15, 0.2) is 16.8 Å². The zero-order valence-corrected chi connectivity index (χ0v) is 11.7. The Labute approximate surface area is 112 Å². The van der Waals surface area contributed by atoms with Crippen molar-refractivity contribution in [3.05, 3.63) is 22.4 Å². The lowest BCUT2D eigenvalue weighted by Crippen LogP contribution is -2.54. The van der Waals surface area contributed by atoms with Crippen LogP contribution in [0.3, 0.4) is 0 Å². The first-order valence-electron chi connectivity index (χ1n) is 6.40. The maximum absolute atomic E-state index is 6.11. The summed E-state index contributed by atoms with van der Waals surface area (Å²) in [6, 6.07) is 3.06. The number of hydrogen-bond acceptors (Lipinski definition) is 4. The van der Waals surface area contributed by atoms with Gasteiger partial charge in [-0.15, -0.1) is 0 Å².